The Bertz CT molecular complexity index is 636. The highest BCUT2D eigenvalue weighted by Gasteiger charge is 2.38. The molecule has 0 aromatic heterocycles. The zero-order chi connectivity index (χ0) is 15.4. The van der Waals surface area contributed by atoms with Gasteiger partial charge in [-0.25, -0.2) is 0 Å². The highest BCUT2D eigenvalue weighted by molar-refractivity contribution is 5.94. The number of carbonyl (C=O) groups is 1. The summed E-state index contributed by atoms with van der Waals surface area (Å²) in [6.07, 6.45) is 3.52. The number of halogens is 1. The molecule has 1 aliphatic carbocycles. The van der Waals surface area contributed by atoms with E-state index in [4.69, 9.17) is 5.73 Å². The lowest BCUT2D eigenvalue weighted by Crippen LogP contribution is -2.45. The molecule has 2 aromatic carbocycles. The summed E-state index contributed by atoms with van der Waals surface area (Å²) in [5.74, 6) is -0.00854. The molecule has 0 radical (unpaired) electrons. The van der Waals surface area contributed by atoms with Crippen molar-refractivity contribution in [2.75, 3.05) is 6.54 Å². The quantitative estimate of drug-likeness (QED) is 0.882. The molecule has 0 bridgehead atoms. The van der Waals surface area contributed by atoms with Crippen molar-refractivity contribution < 1.29 is 4.79 Å². The molecule has 3 nitrogen and oxygen atoms in total. The minimum atomic E-state index is -0.00854. The van der Waals surface area contributed by atoms with Crippen LogP contribution in [0, 0.1) is 0 Å². The van der Waals surface area contributed by atoms with Gasteiger partial charge in [-0.15, -0.1) is 12.4 Å². The standard InChI is InChI=1S/C19H22N2O.ClH/c20-13-15-7-9-16(10-8-15)18(22)21-14-19(11-4-12-19)17-5-2-1-3-6-17;/h1-3,5-10H,4,11-14,20H2,(H,21,22);1H. The second kappa shape index (κ2) is 7.62. The van der Waals surface area contributed by atoms with Gasteiger partial charge in [-0.05, 0) is 36.1 Å². The monoisotopic (exact) mass is 330 g/mol. The van der Waals surface area contributed by atoms with Gasteiger partial charge < -0.3 is 11.1 Å². The second-order valence-corrected chi connectivity index (χ2v) is 6.08. The first-order valence-corrected chi connectivity index (χ1v) is 7.86. The van der Waals surface area contributed by atoms with Gasteiger partial charge in [0.1, 0.15) is 0 Å². The smallest absolute Gasteiger partial charge is 0.251 e. The molecule has 0 heterocycles. The van der Waals surface area contributed by atoms with Gasteiger partial charge in [0, 0.05) is 24.1 Å². The number of benzene rings is 2. The zero-order valence-corrected chi connectivity index (χ0v) is 13.9. The number of nitrogens with one attached hydrogen (secondary N) is 1. The van der Waals surface area contributed by atoms with Gasteiger partial charge in [0.15, 0.2) is 0 Å². The van der Waals surface area contributed by atoms with Crippen LogP contribution >= 0.6 is 12.4 Å². The van der Waals surface area contributed by atoms with Crippen molar-refractivity contribution in [2.45, 2.75) is 31.2 Å². The van der Waals surface area contributed by atoms with Crippen molar-refractivity contribution >= 4 is 18.3 Å². The molecule has 1 saturated carbocycles. The van der Waals surface area contributed by atoms with Gasteiger partial charge in [-0.2, -0.15) is 0 Å². The molecular weight excluding hydrogens is 308 g/mol. The molecule has 23 heavy (non-hydrogen) atoms. The summed E-state index contributed by atoms with van der Waals surface area (Å²) in [6, 6.07) is 18.0. The molecule has 1 aliphatic rings. The van der Waals surface area contributed by atoms with Crippen molar-refractivity contribution in [3.63, 3.8) is 0 Å². The summed E-state index contributed by atoms with van der Waals surface area (Å²) < 4.78 is 0. The van der Waals surface area contributed by atoms with E-state index in [1.54, 1.807) is 0 Å². The van der Waals surface area contributed by atoms with E-state index < -0.39 is 0 Å². The Morgan fingerprint density at radius 2 is 1.70 bits per heavy atom. The number of nitrogens with two attached hydrogens (primary N) is 1. The fourth-order valence-electron chi connectivity index (χ4n) is 3.11. The van der Waals surface area contributed by atoms with Crippen LogP contribution in [0.4, 0.5) is 0 Å². The highest BCUT2D eigenvalue weighted by Crippen LogP contribution is 2.43. The lowest BCUT2D eigenvalue weighted by molar-refractivity contribution is 0.0928. The molecule has 3 rings (SSSR count). The maximum absolute atomic E-state index is 12.3. The molecule has 0 aliphatic heterocycles. The van der Waals surface area contributed by atoms with Crippen molar-refractivity contribution in [3.8, 4) is 0 Å². The molecule has 0 unspecified atom stereocenters. The van der Waals surface area contributed by atoms with Crippen LogP contribution in [0.15, 0.2) is 54.6 Å². The van der Waals surface area contributed by atoms with Gasteiger partial charge in [0.05, 0.1) is 0 Å². The van der Waals surface area contributed by atoms with E-state index in [1.807, 2.05) is 30.3 Å². The highest BCUT2D eigenvalue weighted by atomic mass is 35.5. The van der Waals surface area contributed by atoms with Crippen molar-refractivity contribution in [1.82, 2.24) is 5.32 Å². The number of hydrogen-bond donors (Lipinski definition) is 2. The van der Waals surface area contributed by atoms with Crippen LogP contribution in [0.5, 0.6) is 0 Å². The summed E-state index contributed by atoms with van der Waals surface area (Å²) in [5, 5.41) is 3.11. The Kier molecular flexibility index (Phi) is 5.80. The summed E-state index contributed by atoms with van der Waals surface area (Å²) in [7, 11) is 0. The first kappa shape index (κ1) is 17.5. The Hall–Kier alpha value is -1.84. The molecule has 4 heteroatoms. The van der Waals surface area contributed by atoms with E-state index in [0.29, 0.717) is 18.7 Å². The predicted octanol–water partition coefficient (Wildman–Crippen LogP) is 3.42. The third-order valence-corrected chi connectivity index (χ3v) is 4.74. The zero-order valence-electron chi connectivity index (χ0n) is 13.1. The van der Waals surface area contributed by atoms with Crippen LogP contribution < -0.4 is 11.1 Å². The van der Waals surface area contributed by atoms with Crippen LogP contribution in [0.1, 0.15) is 40.7 Å². The molecule has 2 aromatic rings. The maximum atomic E-state index is 12.3. The molecule has 0 saturated heterocycles. The first-order valence-electron chi connectivity index (χ1n) is 7.86. The number of carbonyl (C=O) groups excluding carboxylic acids is 1. The fraction of sp³-hybridized carbons (Fsp3) is 0.316. The number of hydrogen-bond acceptors (Lipinski definition) is 2. The van der Waals surface area contributed by atoms with E-state index in [-0.39, 0.29) is 23.7 Å². The predicted molar refractivity (Wildman–Crippen MR) is 95.9 cm³/mol. The average Bonchev–Trinajstić information content (AvgIpc) is 2.55. The van der Waals surface area contributed by atoms with Gasteiger partial charge >= 0.3 is 0 Å². The van der Waals surface area contributed by atoms with Crippen LogP contribution in [0.2, 0.25) is 0 Å². The third-order valence-electron chi connectivity index (χ3n) is 4.74. The Balaban J connectivity index is 0.00000192. The molecule has 3 N–H and O–H groups in total. The maximum Gasteiger partial charge on any atom is 0.251 e. The summed E-state index contributed by atoms with van der Waals surface area (Å²) in [5.41, 5.74) is 8.77. The molecule has 1 fully saturated rings. The summed E-state index contributed by atoms with van der Waals surface area (Å²) in [4.78, 5) is 12.3. The van der Waals surface area contributed by atoms with E-state index in [0.717, 1.165) is 18.4 Å². The number of amides is 1. The van der Waals surface area contributed by atoms with E-state index in [2.05, 4.69) is 29.6 Å². The Morgan fingerprint density at radius 3 is 2.22 bits per heavy atom. The van der Waals surface area contributed by atoms with Gasteiger partial charge in [0.25, 0.3) is 5.91 Å². The Morgan fingerprint density at radius 1 is 1.04 bits per heavy atom. The fourth-order valence-corrected chi connectivity index (χ4v) is 3.11. The SMILES string of the molecule is Cl.NCc1ccc(C(=O)NCC2(c3ccccc3)CCC2)cc1. The molecular formula is C19H23ClN2O. The summed E-state index contributed by atoms with van der Waals surface area (Å²) in [6.45, 7) is 1.20. The van der Waals surface area contributed by atoms with Crippen LogP contribution in [-0.2, 0) is 12.0 Å². The van der Waals surface area contributed by atoms with E-state index in [1.165, 1.54) is 12.0 Å². The van der Waals surface area contributed by atoms with Crippen molar-refractivity contribution in [1.29, 1.82) is 0 Å². The lowest BCUT2D eigenvalue weighted by atomic mass is 9.64. The normalized spacial score (nSPS) is 15.2. The molecule has 0 spiro atoms. The average molecular weight is 331 g/mol. The van der Waals surface area contributed by atoms with E-state index in [9.17, 15) is 4.79 Å². The summed E-state index contributed by atoms with van der Waals surface area (Å²) >= 11 is 0. The van der Waals surface area contributed by atoms with Gasteiger partial charge in [-0.1, -0.05) is 48.9 Å². The molecule has 122 valence electrons. The van der Waals surface area contributed by atoms with Crippen molar-refractivity contribution in [3.05, 3.63) is 71.3 Å². The van der Waals surface area contributed by atoms with Gasteiger partial charge in [0.2, 0.25) is 0 Å². The molecule has 0 atom stereocenters. The van der Waals surface area contributed by atoms with Crippen LogP contribution in [0.25, 0.3) is 0 Å². The first-order chi connectivity index (χ1) is 10.7. The van der Waals surface area contributed by atoms with Crippen LogP contribution in [0.3, 0.4) is 0 Å². The van der Waals surface area contributed by atoms with Gasteiger partial charge in [-0.3, -0.25) is 4.79 Å². The minimum Gasteiger partial charge on any atom is -0.351 e. The third kappa shape index (κ3) is 3.74. The number of rotatable bonds is 5. The lowest BCUT2D eigenvalue weighted by Gasteiger charge is -2.42. The largest absolute Gasteiger partial charge is 0.351 e. The Labute approximate surface area is 143 Å². The minimum absolute atomic E-state index is 0. The van der Waals surface area contributed by atoms with Crippen LogP contribution in [-0.4, -0.2) is 12.5 Å². The second-order valence-electron chi connectivity index (χ2n) is 6.08. The molecule has 1 amide bonds. The van der Waals surface area contributed by atoms with Crippen molar-refractivity contribution in [2.24, 2.45) is 5.73 Å². The van der Waals surface area contributed by atoms with E-state index >= 15 is 0 Å². The topological polar surface area (TPSA) is 55.1 Å².